The molecule has 0 aromatic heterocycles. The second-order valence-corrected chi connectivity index (χ2v) is 6.49. The maximum absolute atomic E-state index is 2.39. The minimum atomic E-state index is 0.241. The van der Waals surface area contributed by atoms with Gasteiger partial charge in [-0.05, 0) is 46.4 Å². The van der Waals surface area contributed by atoms with Crippen LogP contribution in [0.25, 0.3) is 5.57 Å². The summed E-state index contributed by atoms with van der Waals surface area (Å²) in [7, 11) is 0. The summed E-state index contributed by atoms with van der Waals surface area (Å²) in [6, 6.07) is 8.98. The predicted octanol–water partition coefficient (Wildman–Crippen LogP) is 6.13. The number of hydrogen-bond acceptors (Lipinski definition) is 0. The second-order valence-electron chi connectivity index (χ2n) is 6.49. The summed E-state index contributed by atoms with van der Waals surface area (Å²) in [4.78, 5) is 0. The topological polar surface area (TPSA) is 0 Å². The van der Waals surface area contributed by atoms with Gasteiger partial charge in [-0.2, -0.15) is 0 Å². The number of hydrogen-bond donors (Lipinski definition) is 0. The van der Waals surface area contributed by atoms with Crippen molar-refractivity contribution in [2.45, 2.75) is 59.3 Å². The van der Waals surface area contributed by atoms with Gasteiger partial charge >= 0.3 is 0 Å². The summed E-state index contributed by atoms with van der Waals surface area (Å²) in [5.74, 6) is 0.586. The lowest BCUT2D eigenvalue weighted by atomic mass is 9.78. The third kappa shape index (κ3) is 2.49. The molecule has 1 aliphatic rings. The summed E-state index contributed by atoms with van der Waals surface area (Å²) in [6.07, 6.45) is 8.18. The smallest absolute Gasteiger partial charge is 0.00312 e. The van der Waals surface area contributed by atoms with Crippen molar-refractivity contribution in [1.29, 1.82) is 0 Å². The van der Waals surface area contributed by atoms with Crippen molar-refractivity contribution in [1.82, 2.24) is 0 Å². The van der Waals surface area contributed by atoms with Crippen molar-refractivity contribution in [3.8, 4) is 0 Å². The zero-order chi connectivity index (χ0) is 14.8. The lowest BCUT2D eigenvalue weighted by Gasteiger charge is -2.26. The van der Waals surface area contributed by atoms with Gasteiger partial charge in [0.05, 0.1) is 0 Å². The Morgan fingerprint density at radius 3 is 2.55 bits per heavy atom. The van der Waals surface area contributed by atoms with Gasteiger partial charge in [0, 0.05) is 0 Å². The Kier molecular flexibility index (Phi) is 4.52. The van der Waals surface area contributed by atoms with Gasteiger partial charge in [0.2, 0.25) is 0 Å². The van der Waals surface area contributed by atoms with E-state index in [0.29, 0.717) is 5.92 Å². The van der Waals surface area contributed by atoms with Crippen molar-refractivity contribution < 1.29 is 0 Å². The highest BCUT2D eigenvalue weighted by atomic mass is 14.4. The van der Waals surface area contributed by atoms with E-state index in [-0.39, 0.29) is 5.41 Å². The molecule has 1 unspecified atom stereocenters. The Balaban J connectivity index is 2.63. The standard InChI is InChI=1S/C20H28/c1-6-8-12-16(11-7-2)19-15(3)20(4,5)18-14-10-9-13-17(18)19/h8-10,12-15H,6-7,11H2,1-5H3. The third-order valence-electron chi connectivity index (χ3n) is 4.85. The first-order valence-corrected chi connectivity index (χ1v) is 8.03. The van der Waals surface area contributed by atoms with Crippen LogP contribution in [0.5, 0.6) is 0 Å². The van der Waals surface area contributed by atoms with E-state index in [1.165, 1.54) is 24.0 Å². The summed E-state index contributed by atoms with van der Waals surface area (Å²) >= 11 is 0. The van der Waals surface area contributed by atoms with Crippen LogP contribution in [0.3, 0.4) is 0 Å². The summed E-state index contributed by atoms with van der Waals surface area (Å²) in [5.41, 5.74) is 6.36. The van der Waals surface area contributed by atoms with Gasteiger partial charge in [0.15, 0.2) is 0 Å². The maximum Gasteiger partial charge on any atom is -0.00312 e. The summed E-state index contributed by atoms with van der Waals surface area (Å²) in [6.45, 7) is 11.6. The monoisotopic (exact) mass is 268 g/mol. The Morgan fingerprint density at radius 1 is 1.20 bits per heavy atom. The van der Waals surface area contributed by atoms with Gasteiger partial charge in [0.1, 0.15) is 0 Å². The highest BCUT2D eigenvalue weighted by Crippen LogP contribution is 2.51. The molecule has 108 valence electrons. The number of rotatable bonds is 4. The fourth-order valence-electron chi connectivity index (χ4n) is 3.40. The van der Waals surface area contributed by atoms with Crippen LogP contribution in [0.4, 0.5) is 0 Å². The lowest BCUT2D eigenvalue weighted by molar-refractivity contribution is 0.440. The molecule has 0 heteroatoms. The average molecular weight is 268 g/mol. The molecule has 0 saturated carbocycles. The first-order chi connectivity index (χ1) is 9.54. The average Bonchev–Trinajstić information content (AvgIpc) is 2.64. The predicted molar refractivity (Wildman–Crippen MR) is 89.9 cm³/mol. The number of benzene rings is 1. The van der Waals surface area contributed by atoms with E-state index in [2.05, 4.69) is 71.0 Å². The highest BCUT2D eigenvalue weighted by Gasteiger charge is 2.40. The SMILES string of the molecule is CCC=CC(CCC)=C1c2ccccc2C(C)(C)C1C. The lowest BCUT2D eigenvalue weighted by Crippen LogP contribution is -2.21. The molecule has 0 bridgehead atoms. The normalized spacial score (nSPS) is 23.1. The van der Waals surface area contributed by atoms with Gasteiger partial charge in [-0.25, -0.2) is 0 Å². The Morgan fingerprint density at radius 2 is 1.90 bits per heavy atom. The first kappa shape index (κ1) is 15.1. The van der Waals surface area contributed by atoms with Crippen LogP contribution < -0.4 is 0 Å². The molecule has 0 nitrogen and oxygen atoms in total. The summed E-state index contributed by atoms with van der Waals surface area (Å²) in [5, 5.41) is 0. The Bertz CT molecular complexity index is 529. The summed E-state index contributed by atoms with van der Waals surface area (Å²) < 4.78 is 0. The minimum Gasteiger partial charge on any atom is -0.0845 e. The number of allylic oxidation sites excluding steroid dienone is 4. The molecular formula is C20H28. The van der Waals surface area contributed by atoms with Gasteiger partial charge in [-0.1, -0.05) is 77.5 Å². The molecule has 0 N–H and O–H groups in total. The van der Waals surface area contributed by atoms with Crippen molar-refractivity contribution in [2.24, 2.45) is 5.92 Å². The molecule has 2 rings (SSSR count). The zero-order valence-corrected chi connectivity index (χ0v) is 13.7. The molecule has 1 aromatic carbocycles. The van der Waals surface area contributed by atoms with E-state index in [1.807, 2.05) is 0 Å². The largest absolute Gasteiger partial charge is 0.0845 e. The first-order valence-electron chi connectivity index (χ1n) is 8.03. The molecule has 0 amide bonds. The van der Waals surface area contributed by atoms with E-state index in [1.54, 1.807) is 11.1 Å². The van der Waals surface area contributed by atoms with Crippen LogP contribution in [0.2, 0.25) is 0 Å². The van der Waals surface area contributed by atoms with E-state index >= 15 is 0 Å². The van der Waals surface area contributed by atoms with Crippen LogP contribution >= 0.6 is 0 Å². The molecule has 1 aliphatic carbocycles. The van der Waals surface area contributed by atoms with E-state index < -0.39 is 0 Å². The quantitative estimate of drug-likeness (QED) is 0.616. The van der Waals surface area contributed by atoms with Crippen LogP contribution in [0.1, 0.15) is 65.0 Å². The van der Waals surface area contributed by atoms with Gasteiger partial charge < -0.3 is 0 Å². The zero-order valence-electron chi connectivity index (χ0n) is 13.7. The molecule has 1 aromatic rings. The molecule has 0 fully saturated rings. The van der Waals surface area contributed by atoms with Crippen molar-refractivity contribution >= 4 is 5.57 Å². The Labute approximate surface area is 124 Å². The van der Waals surface area contributed by atoms with Crippen molar-refractivity contribution in [3.05, 3.63) is 53.1 Å². The highest BCUT2D eigenvalue weighted by molar-refractivity contribution is 5.80. The molecule has 0 radical (unpaired) electrons. The molecule has 1 atom stereocenters. The van der Waals surface area contributed by atoms with Gasteiger partial charge in [-0.3, -0.25) is 0 Å². The molecule has 0 spiro atoms. The molecule has 0 heterocycles. The molecule has 0 aliphatic heterocycles. The fraction of sp³-hybridized carbons (Fsp3) is 0.500. The number of fused-ring (bicyclic) bond motifs is 1. The van der Waals surface area contributed by atoms with Crippen LogP contribution in [-0.2, 0) is 5.41 Å². The molecule has 20 heavy (non-hydrogen) atoms. The fourth-order valence-corrected chi connectivity index (χ4v) is 3.40. The van der Waals surface area contributed by atoms with Gasteiger partial charge in [-0.15, -0.1) is 0 Å². The van der Waals surface area contributed by atoms with Crippen LogP contribution in [0.15, 0.2) is 42.0 Å². The molecular weight excluding hydrogens is 240 g/mol. The second kappa shape index (κ2) is 5.99. The minimum absolute atomic E-state index is 0.241. The third-order valence-corrected chi connectivity index (χ3v) is 4.85. The van der Waals surface area contributed by atoms with Crippen molar-refractivity contribution in [3.63, 3.8) is 0 Å². The van der Waals surface area contributed by atoms with Gasteiger partial charge in [0.25, 0.3) is 0 Å². The van der Waals surface area contributed by atoms with E-state index in [0.717, 1.165) is 6.42 Å². The Hall–Kier alpha value is -1.30. The van der Waals surface area contributed by atoms with E-state index in [9.17, 15) is 0 Å². The molecule has 0 saturated heterocycles. The van der Waals surface area contributed by atoms with Crippen LogP contribution in [0, 0.1) is 5.92 Å². The van der Waals surface area contributed by atoms with Crippen LogP contribution in [-0.4, -0.2) is 0 Å². The van der Waals surface area contributed by atoms with Crippen molar-refractivity contribution in [2.75, 3.05) is 0 Å². The maximum atomic E-state index is 2.39. The van der Waals surface area contributed by atoms with E-state index in [4.69, 9.17) is 0 Å².